The van der Waals surface area contributed by atoms with E-state index in [-0.39, 0.29) is 11.5 Å². The number of pyridine rings is 1. The third kappa shape index (κ3) is 2.87. The summed E-state index contributed by atoms with van der Waals surface area (Å²) in [7, 11) is 0. The molecule has 0 atom stereocenters. The van der Waals surface area contributed by atoms with Crippen LogP contribution in [-0.2, 0) is 0 Å². The summed E-state index contributed by atoms with van der Waals surface area (Å²) >= 11 is 3.27. The minimum absolute atomic E-state index is 0.127. The molecule has 0 unspecified atom stereocenters. The molecule has 0 saturated heterocycles. The summed E-state index contributed by atoms with van der Waals surface area (Å²) in [6, 6.07) is 9.87. The van der Waals surface area contributed by atoms with Crippen molar-refractivity contribution in [3.8, 4) is 6.07 Å². The van der Waals surface area contributed by atoms with Gasteiger partial charge in [0.25, 0.3) is 0 Å². The first-order chi connectivity index (χ1) is 9.51. The molecule has 7 heteroatoms. The second-order valence-electron chi connectivity index (χ2n) is 3.87. The van der Waals surface area contributed by atoms with Crippen molar-refractivity contribution in [1.29, 1.82) is 5.26 Å². The molecule has 0 aliphatic carbocycles. The number of nitriles is 1. The molecule has 1 heterocycles. The van der Waals surface area contributed by atoms with Crippen LogP contribution in [0, 0.1) is 11.3 Å². The van der Waals surface area contributed by atoms with Crippen LogP contribution in [-0.4, -0.2) is 16.1 Å². The number of halogens is 1. The van der Waals surface area contributed by atoms with Gasteiger partial charge in [-0.3, -0.25) is 0 Å². The number of nitrogen functional groups attached to an aromatic ring is 1. The molecule has 0 aliphatic heterocycles. The van der Waals surface area contributed by atoms with Crippen LogP contribution in [0.3, 0.4) is 0 Å². The standard InChI is InChI=1S/C13H9BrN4O2/c14-8-1-3-10(7(5-8)6-15)17-12-9(16)2-4-11(18-12)13(19)20/h1-5H,16H2,(H,17,18)(H,19,20). The first kappa shape index (κ1) is 13.8. The molecule has 6 nitrogen and oxygen atoms in total. The molecule has 2 rings (SSSR count). The summed E-state index contributed by atoms with van der Waals surface area (Å²) in [5.74, 6) is -0.951. The zero-order chi connectivity index (χ0) is 14.7. The molecule has 0 fully saturated rings. The van der Waals surface area contributed by atoms with Crippen molar-refractivity contribution in [2.45, 2.75) is 0 Å². The number of anilines is 3. The number of hydrogen-bond acceptors (Lipinski definition) is 5. The average Bonchev–Trinajstić information content (AvgIpc) is 2.42. The first-order valence-corrected chi connectivity index (χ1v) is 6.27. The van der Waals surface area contributed by atoms with Crippen LogP contribution in [0.25, 0.3) is 0 Å². The Morgan fingerprint density at radius 3 is 2.80 bits per heavy atom. The van der Waals surface area contributed by atoms with Crippen LogP contribution in [0.1, 0.15) is 16.1 Å². The van der Waals surface area contributed by atoms with Crippen LogP contribution in [0.4, 0.5) is 17.2 Å². The summed E-state index contributed by atoms with van der Waals surface area (Å²) in [5, 5.41) is 20.9. The quantitative estimate of drug-likeness (QED) is 0.796. The van der Waals surface area contributed by atoms with Gasteiger partial charge in [0.2, 0.25) is 0 Å². The lowest BCUT2D eigenvalue weighted by molar-refractivity contribution is 0.0690. The van der Waals surface area contributed by atoms with E-state index in [0.717, 1.165) is 4.47 Å². The van der Waals surface area contributed by atoms with Crippen LogP contribution < -0.4 is 11.1 Å². The summed E-state index contributed by atoms with van der Waals surface area (Å²) in [5.41, 5.74) is 6.80. The Balaban J connectivity index is 2.42. The molecular weight excluding hydrogens is 324 g/mol. The minimum Gasteiger partial charge on any atom is -0.477 e. The zero-order valence-electron chi connectivity index (χ0n) is 10.1. The van der Waals surface area contributed by atoms with Gasteiger partial charge in [0.15, 0.2) is 11.5 Å². The van der Waals surface area contributed by atoms with Crippen LogP contribution in [0.5, 0.6) is 0 Å². The Kier molecular flexibility index (Phi) is 3.86. The number of nitrogens with two attached hydrogens (primary N) is 1. The number of nitrogens with one attached hydrogen (secondary N) is 1. The molecule has 0 aliphatic rings. The molecule has 1 aromatic heterocycles. The molecule has 20 heavy (non-hydrogen) atoms. The largest absolute Gasteiger partial charge is 0.477 e. The van der Waals surface area contributed by atoms with Gasteiger partial charge in [0, 0.05) is 4.47 Å². The fourth-order valence-corrected chi connectivity index (χ4v) is 1.90. The van der Waals surface area contributed by atoms with E-state index in [9.17, 15) is 4.79 Å². The lowest BCUT2D eigenvalue weighted by atomic mass is 10.2. The van der Waals surface area contributed by atoms with Crippen molar-refractivity contribution < 1.29 is 9.90 Å². The van der Waals surface area contributed by atoms with Crippen LogP contribution >= 0.6 is 15.9 Å². The fraction of sp³-hybridized carbons (Fsp3) is 0. The van der Waals surface area contributed by atoms with E-state index in [0.29, 0.717) is 16.9 Å². The van der Waals surface area contributed by atoms with Gasteiger partial charge < -0.3 is 16.2 Å². The van der Waals surface area contributed by atoms with Crippen molar-refractivity contribution in [2.24, 2.45) is 0 Å². The molecule has 4 N–H and O–H groups in total. The molecule has 1 aromatic carbocycles. The molecular formula is C13H9BrN4O2. The number of aromatic nitrogens is 1. The third-order valence-corrected chi connectivity index (χ3v) is 2.99. The lowest BCUT2D eigenvalue weighted by Gasteiger charge is -2.10. The normalized spacial score (nSPS) is 9.80. The number of nitrogens with zero attached hydrogens (tertiary/aromatic N) is 2. The first-order valence-electron chi connectivity index (χ1n) is 5.47. The Hall–Kier alpha value is -2.59. The molecule has 0 amide bonds. The summed E-state index contributed by atoms with van der Waals surface area (Å²) in [4.78, 5) is 14.8. The highest BCUT2D eigenvalue weighted by atomic mass is 79.9. The van der Waals surface area contributed by atoms with Crippen molar-refractivity contribution in [2.75, 3.05) is 11.1 Å². The van der Waals surface area contributed by atoms with Crippen molar-refractivity contribution in [3.05, 3.63) is 46.1 Å². The summed E-state index contributed by atoms with van der Waals surface area (Å²) in [6.07, 6.45) is 0. The highest BCUT2D eigenvalue weighted by Gasteiger charge is 2.10. The monoisotopic (exact) mass is 332 g/mol. The predicted molar refractivity (Wildman–Crippen MR) is 77.7 cm³/mol. The molecule has 2 aromatic rings. The number of benzene rings is 1. The summed E-state index contributed by atoms with van der Waals surface area (Å²) < 4.78 is 0.764. The maximum atomic E-state index is 10.9. The van der Waals surface area contributed by atoms with Crippen molar-refractivity contribution in [1.82, 2.24) is 4.98 Å². The van der Waals surface area contributed by atoms with E-state index in [1.54, 1.807) is 18.2 Å². The van der Waals surface area contributed by atoms with Gasteiger partial charge in [0.05, 0.1) is 16.9 Å². The maximum Gasteiger partial charge on any atom is 0.354 e. The average molecular weight is 333 g/mol. The van der Waals surface area contributed by atoms with E-state index in [2.05, 4.69) is 26.2 Å². The van der Waals surface area contributed by atoms with Crippen LogP contribution in [0.2, 0.25) is 0 Å². The third-order valence-electron chi connectivity index (χ3n) is 2.50. The Morgan fingerprint density at radius 2 is 2.15 bits per heavy atom. The van der Waals surface area contributed by atoms with Gasteiger partial charge in [-0.05, 0) is 30.3 Å². The molecule has 0 radical (unpaired) electrons. The fourth-order valence-electron chi connectivity index (χ4n) is 1.53. The highest BCUT2D eigenvalue weighted by molar-refractivity contribution is 9.10. The van der Waals surface area contributed by atoms with Gasteiger partial charge in [-0.1, -0.05) is 15.9 Å². The molecule has 0 bridgehead atoms. The van der Waals surface area contributed by atoms with Gasteiger partial charge >= 0.3 is 5.97 Å². The van der Waals surface area contributed by atoms with E-state index in [1.807, 2.05) is 6.07 Å². The number of carboxylic acid groups (broad SMARTS) is 1. The number of rotatable bonds is 3. The Bertz CT molecular complexity index is 725. The van der Waals surface area contributed by atoms with E-state index in [4.69, 9.17) is 16.1 Å². The molecule has 100 valence electrons. The van der Waals surface area contributed by atoms with Crippen molar-refractivity contribution >= 4 is 39.1 Å². The molecule has 0 spiro atoms. The van der Waals surface area contributed by atoms with E-state index >= 15 is 0 Å². The second kappa shape index (κ2) is 5.59. The number of carboxylic acids is 1. The zero-order valence-corrected chi connectivity index (χ0v) is 11.7. The van der Waals surface area contributed by atoms with E-state index in [1.165, 1.54) is 12.1 Å². The van der Waals surface area contributed by atoms with Gasteiger partial charge in [-0.2, -0.15) is 5.26 Å². The summed E-state index contributed by atoms with van der Waals surface area (Å²) in [6.45, 7) is 0. The smallest absolute Gasteiger partial charge is 0.354 e. The van der Waals surface area contributed by atoms with Crippen LogP contribution in [0.15, 0.2) is 34.8 Å². The number of carbonyl (C=O) groups is 1. The predicted octanol–water partition coefficient (Wildman–Crippen LogP) is 2.74. The van der Waals surface area contributed by atoms with Gasteiger partial charge in [-0.15, -0.1) is 0 Å². The number of hydrogen-bond donors (Lipinski definition) is 3. The Labute approximate surface area is 123 Å². The molecule has 0 saturated carbocycles. The lowest BCUT2D eigenvalue weighted by Crippen LogP contribution is -2.06. The minimum atomic E-state index is -1.15. The van der Waals surface area contributed by atoms with Gasteiger partial charge in [0.1, 0.15) is 6.07 Å². The highest BCUT2D eigenvalue weighted by Crippen LogP contribution is 2.26. The van der Waals surface area contributed by atoms with E-state index < -0.39 is 5.97 Å². The van der Waals surface area contributed by atoms with Gasteiger partial charge in [-0.25, -0.2) is 9.78 Å². The van der Waals surface area contributed by atoms with Crippen molar-refractivity contribution in [3.63, 3.8) is 0 Å². The maximum absolute atomic E-state index is 10.9. The number of aromatic carboxylic acids is 1. The SMILES string of the molecule is N#Cc1cc(Br)ccc1Nc1nc(C(=O)O)ccc1N. The second-order valence-corrected chi connectivity index (χ2v) is 4.78. The Morgan fingerprint density at radius 1 is 1.40 bits per heavy atom. The topological polar surface area (TPSA) is 112 Å².